The maximum atomic E-state index is 12.2. The molecule has 2 rings (SSSR count). The lowest BCUT2D eigenvalue weighted by Crippen LogP contribution is -2.31. The zero-order valence-corrected chi connectivity index (χ0v) is 17.7. The molecule has 0 aliphatic heterocycles. The summed E-state index contributed by atoms with van der Waals surface area (Å²) in [5.74, 6) is 1.19. The van der Waals surface area contributed by atoms with Crippen LogP contribution >= 0.6 is 11.8 Å². The van der Waals surface area contributed by atoms with Crippen molar-refractivity contribution in [2.24, 2.45) is 0 Å². The van der Waals surface area contributed by atoms with Gasteiger partial charge in [0.1, 0.15) is 5.75 Å². The van der Waals surface area contributed by atoms with Crippen molar-refractivity contribution in [1.29, 1.82) is 0 Å². The van der Waals surface area contributed by atoms with Crippen LogP contribution in [0.2, 0.25) is 0 Å². The van der Waals surface area contributed by atoms with E-state index in [2.05, 4.69) is 34.3 Å². The van der Waals surface area contributed by atoms with Gasteiger partial charge in [-0.3, -0.25) is 4.79 Å². The van der Waals surface area contributed by atoms with E-state index in [0.717, 1.165) is 10.6 Å². The lowest BCUT2D eigenvalue weighted by atomic mass is 10.2. The Balaban J connectivity index is 1.67. The van der Waals surface area contributed by atoms with Crippen LogP contribution in [-0.2, 0) is 14.8 Å². The van der Waals surface area contributed by atoms with Gasteiger partial charge in [-0.25, -0.2) is 13.1 Å². The Labute approximate surface area is 171 Å². The molecule has 0 saturated carbocycles. The number of sulfonamides is 1. The molecule has 0 bridgehead atoms. The third-order valence-electron chi connectivity index (χ3n) is 3.80. The first-order valence-corrected chi connectivity index (χ1v) is 11.6. The van der Waals surface area contributed by atoms with Gasteiger partial charge in [0, 0.05) is 30.2 Å². The Bertz CT molecular complexity index is 851. The molecule has 2 N–H and O–H groups in total. The first-order valence-electron chi connectivity index (χ1n) is 9.09. The third-order valence-corrected chi connectivity index (χ3v) is 6.29. The fraction of sp³-hybridized carbons (Fsp3) is 0.350. The van der Waals surface area contributed by atoms with Crippen LogP contribution in [0.5, 0.6) is 5.75 Å². The van der Waals surface area contributed by atoms with Crippen molar-refractivity contribution in [1.82, 2.24) is 10.0 Å². The van der Waals surface area contributed by atoms with Crippen molar-refractivity contribution in [3.8, 4) is 5.75 Å². The van der Waals surface area contributed by atoms with Crippen molar-refractivity contribution in [2.75, 3.05) is 25.4 Å². The average Bonchev–Trinajstić information content (AvgIpc) is 2.67. The maximum absolute atomic E-state index is 12.2. The number of rotatable bonds is 11. The van der Waals surface area contributed by atoms with E-state index < -0.39 is 10.0 Å². The first-order chi connectivity index (χ1) is 13.4. The summed E-state index contributed by atoms with van der Waals surface area (Å²) in [5.41, 5.74) is 1.21. The van der Waals surface area contributed by atoms with Crippen molar-refractivity contribution >= 4 is 27.7 Å². The standard InChI is InChI=1S/C20H26N2O4S2/c1-3-26-17-6-10-19(11-7-17)28(24,25)22-13-12-20(23)21-14-15-27-18-8-4-16(2)5-9-18/h4-11,22H,3,12-15H2,1-2H3,(H,21,23). The molecule has 0 atom stereocenters. The molecule has 0 radical (unpaired) electrons. The molecule has 0 aliphatic carbocycles. The number of thioether (sulfide) groups is 1. The Kier molecular flexibility index (Phi) is 8.82. The van der Waals surface area contributed by atoms with E-state index in [-0.39, 0.29) is 23.8 Å². The lowest BCUT2D eigenvalue weighted by Gasteiger charge is -2.09. The van der Waals surface area contributed by atoms with E-state index in [0.29, 0.717) is 18.9 Å². The fourth-order valence-electron chi connectivity index (χ4n) is 2.35. The molecule has 152 valence electrons. The maximum Gasteiger partial charge on any atom is 0.240 e. The Hall–Kier alpha value is -2.03. The van der Waals surface area contributed by atoms with Crippen LogP contribution in [0.1, 0.15) is 18.9 Å². The van der Waals surface area contributed by atoms with Gasteiger partial charge in [0.05, 0.1) is 11.5 Å². The van der Waals surface area contributed by atoms with Gasteiger partial charge in [0.2, 0.25) is 15.9 Å². The number of carbonyl (C=O) groups excluding carboxylic acids is 1. The molecule has 1 amide bonds. The second-order valence-corrected chi connectivity index (χ2v) is 9.00. The molecule has 0 spiro atoms. The minimum atomic E-state index is -3.64. The van der Waals surface area contributed by atoms with E-state index in [1.165, 1.54) is 17.7 Å². The topological polar surface area (TPSA) is 84.5 Å². The predicted octanol–water partition coefficient (Wildman–Crippen LogP) is 2.97. The van der Waals surface area contributed by atoms with Crippen LogP contribution in [0.25, 0.3) is 0 Å². The largest absolute Gasteiger partial charge is 0.494 e. The summed E-state index contributed by atoms with van der Waals surface area (Å²) in [6, 6.07) is 14.4. The molecule has 0 heterocycles. The molecule has 0 aliphatic rings. The van der Waals surface area contributed by atoms with Crippen molar-refractivity contribution in [3.05, 3.63) is 54.1 Å². The fourth-order valence-corrected chi connectivity index (χ4v) is 4.15. The van der Waals surface area contributed by atoms with E-state index in [1.807, 2.05) is 13.8 Å². The number of hydrogen-bond donors (Lipinski definition) is 2. The minimum Gasteiger partial charge on any atom is -0.494 e. The summed E-state index contributed by atoms with van der Waals surface area (Å²) >= 11 is 1.66. The van der Waals surface area contributed by atoms with Crippen LogP contribution < -0.4 is 14.8 Å². The molecular weight excluding hydrogens is 396 g/mol. The summed E-state index contributed by atoms with van der Waals surface area (Å²) in [6.07, 6.45) is 0.0887. The molecular formula is C20H26N2O4S2. The van der Waals surface area contributed by atoms with E-state index in [9.17, 15) is 13.2 Å². The Morgan fingerprint density at radius 2 is 1.71 bits per heavy atom. The monoisotopic (exact) mass is 422 g/mol. The minimum absolute atomic E-state index is 0.0481. The molecule has 2 aromatic rings. The molecule has 2 aromatic carbocycles. The summed E-state index contributed by atoms with van der Waals surface area (Å²) < 4.78 is 32.2. The van der Waals surface area contributed by atoms with Gasteiger partial charge in [-0.2, -0.15) is 0 Å². The second-order valence-electron chi connectivity index (χ2n) is 6.06. The van der Waals surface area contributed by atoms with Crippen molar-refractivity contribution < 1.29 is 17.9 Å². The number of carbonyl (C=O) groups is 1. The lowest BCUT2D eigenvalue weighted by molar-refractivity contribution is -0.120. The smallest absolute Gasteiger partial charge is 0.240 e. The quantitative estimate of drug-likeness (QED) is 0.430. The normalized spacial score (nSPS) is 11.2. The highest BCUT2D eigenvalue weighted by Crippen LogP contribution is 2.17. The van der Waals surface area contributed by atoms with Gasteiger partial charge >= 0.3 is 0 Å². The van der Waals surface area contributed by atoms with E-state index >= 15 is 0 Å². The molecule has 0 saturated heterocycles. The summed E-state index contributed by atoms with van der Waals surface area (Å²) in [6.45, 7) is 5.00. The van der Waals surface area contributed by atoms with Crippen LogP contribution in [0.4, 0.5) is 0 Å². The zero-order chi connectivity index (χ0) is 20.4. The van der Waals surface area contributed by atoms with Crippen LogP contribution in [0.3, 0.4) is 0 Å². The zero-order valence-electron chi connectivity index (χ0n) is 16.1. The Morgan fingerprint density at radius 3 is 2.36 bits per heavy atom. The molecule has 0 aromatic heterocycles. The number of amides is 1. The first kappa shape index (κ1) is 22.3. The van der Waals surface area contributed by atoms with Crippen LogP contribution in [0, 0.1) is 6.92 Å². The van der Waals surface area contributed by atoms with Crippen molar-refractivity contribution in [3.63, 3.8) is 0 Å². The number of hydrogen-bond acceptors (Lipinski definition) is 5. The summed E-state index contributed by atoms with van der Waals surface area (Å²) in [4.78, 5) is 13.2. The van der Waals surface area contributed by atoms with Crippen molar-refractivity contribution in [2.45, 2.75) is 30.1 Å². The molecule has 0 unspecified atom stereocenters. The second kappa shape index (κ2) is 11.1. The van der Waals surface area contributed by atoms with Crippen LogP contribution in [0.15, 0.2) is 58.3 Å². The highest BCUT2D eigenvalue weighted by molar-refractivity contribution is 7.99. The molecule has 8 heteroatoms. The third kappa shape index (κ3) is 7.53. The summed E-state index contributed by atoms with van der Waals surface area (Å²) in [5, 5.41) is 2.80. The number of aryl methyl sites for hydroxylation is 1. The molecule has 6 nitrogen and oxygen atoms in total. The number of ether oxygens (including phenoxy) is 1. The van der Waals surface area contributed by atoms with Gasteiger partial charge < -0.3 is 10.1 Å². The van der Waals surface area contributed by atoms with Gasteiger partial charge in [0.25, 0.3) is 0 Å². The number of nitrogens with one attached hydrogen (secondary N) is 2. The molecule has 0 fully saturated rings. The van der Waals surface area contributed by atoms with E-state index in [1.54, 1.807) is 23.9 Å². The molecule has 28 heavy (non-hydrogen) atoms. The van der Waals surface area contributed by atoms with Crippen LogP contribution in [-0.4, -0.2) is 39.8 Å². The van der Waals surface area contributed by atoms with Gasteiger partial charge in [-0.1, -0.05) is 17.7 Å². The SMILES string of the molecule is CCOc1ccc(S(=O)(=O)NCCC(=O)NCCSc2ccc(C)cc2)cc1. The highest BCUT2D eigenvalue weighted by Gasteiger charge is 2.14. The van der Waals surface area contributed by atoms with Gasteiger partial charge in [-0.15, -0.1) is 11.8 Å². The average molecular weight is 423 g/mol. The summed E-state index contributed by atoms with van der Waals surface area (Å²) in [7, 11) is -3.64. The number of benzene rings is 2. The van der Waals surface area contributed by atoms with Gasteiger partial charge in [-0.05, 0) is 50.2 Å². The predicted molar refractivity (Wildman–Crippen MR) is 112 cm³/mol. The van der Waals surface area contributed by atoms with E-state index in [4.69, 9.17) is 4.74 Å². The van der Waals surface area contributed by atoms with Gasteiger partial charge in [0.15, 0.2) is 0 Å². The Morgan fingerprint density at radius 1 is 1.04 bits per heavy atom. The highest BCUT2D eigenvalue weighted by atomic mass is 32.2.